The van der Waals surface area contributed by atoms with Gasteiger partial charge in [0.1, 0.15) is 12.4 Å². The topological polar surface area (TPSA) is 38.3 Å². The van der Waals surface area contributed by atoms with E-state index in [1.54, 1.807) is 18.2 Å². The molecule has 0 fully saturated rings. The Kier molecular flexibility index (Phi) is 6.77. The van der Waals surface area contributed by atoms with E-state index in [1.165, 1.54) is 13.0 Å². The van der Waals surface area contributed by atoms with Crippen molar-refractivity contribution < 1.29 is 22.7 Å². The number of halogens is 3. The predicted molar refractivity (Wildman–Crippen MR) is 110 cm³/mol. The van der Waals surface area contributed by atoms with Gasteiger partial charge in [-0.05, 0) is 52.9 Å². The van der Waals surface area contributed by atoms with Gasteiger partial charge in [-0.25, -0.2) is 0 Å². The minimum Gasteiger partial charge on any atom is -0.489 e. The highest BCUT2D eigenvalue weighted by molar-refractivity contribution is 5.73. The van der Waals surface area contributed by atoms with Crippen LogP contribution < -0.4 is 10.1 Å². The standard InChI is InChI=1S/C24H22F3NO2/c1-17(29)28-13-12-19-10-11-22(30-16-18-6-3-2-4-7-18)15-23(19)20-8-5-9-21(14-20)24(25,26)27/h2-11,14-15H,12-13,16H2,1H3,(H,28,29). The Labute approximate surface area is 173 Å². The van der Waals surface area contributed by atoms with Crippen molar-refractivity contribution in [3.05, 3.63) is 89.5 Å². The van der Waals surface area contributed by atoms with Crippen LogP contribution >= 0.6 is 0 Å². The summed E-state index contributed by atoms with van der Waals surface area (Å²) in [7, 11) is 0. The van der Waals surface area contributed by atoms with Crippen LogP contribution in [0, 0.1) is 0 Å². The maximum absolute atomic E-state index is 13.2. The highest BCUT2D eigenvalue weighted by Crippen LogP contribution is 2.34. The third kappa shape index (κ3) is 5.86. The van der Waals surface area contributed by atoms with E-state index in [-0.39, 0.29) is 5.91 Å². The Morgan fingerprint density at radius 1 is 0.967 bits per heavy atom. The van der Waals surface area contributed by atoms with Crippen molar-refractivity contribution in [1.82, 2.24) is 5.32 Å². The number of carbonyl (C=O) groups is 1. The molecule has 0 saturated heterocycles. The number of hydrogen-bond acceptors (Lipinski definition) is 2. The second-order valence-corrected chi connectivity index (χ2v) is 6.90. The largest absolute Gasteiger partial charge is 0.489 e. The lowest BCUT2D eigenvalue weighted by atomic mass is 9.96. The number of amides is 1. The molecule has 0 aromatic heterocycles. The maximum atomic E-state index is 13.2. The normalized spacial score (nSPS) is 11.2. The van der Waals surface area contributed by atoms with Crippen LogP contribution in [0.1, 0.15) is 23.6 Å². The van der Waals surface area contributed by atoms with Crippen molar-refractivity contribution in [2.24, 2.45) is 0 Å². The summed E-state index contributed by atoms with van der Waals surface area (Å²) < 4.78 is 45.4. The molecule has 0 aliphatic carbocycles. The van der Waals surface area contributed by atoms with E-state index in [1.807, 2.05) is 36.4 Å². The molecule has 3 rings (SSSR count). The molecule has 6 heteroatoms. The van der Waals surface area contributed by atoms with Crippen LogP contribution in [-0.4, -0.2) is 12.5 Å². The van der Waals surface area contributed by atoms with Gasteiger partial charge < -0.3 is 10.1 Å². The van der Waals surface area contributed by atoms with Crippen molar-refractivity contribution in [2.45, 2.75) is 26.1 Å². The number of carbonyl (C=O) groups excluding carboxylic acids is 1. The van der Waals surface area contributed by atoms with Gasteiger partial charge in [-0.3, -0.25) is 4.79 Å². The van der Waals surface area contributed by atoms with Crippen LogP contribution in [0.5, 0.6) is 5.75 Å². The summed E-state index contributed by atoms with van der Waals surface area (Å²) in [5, 5.41) is 2.72. The van der Waals surface area contributed by atoms with E-state index >= 15 is 0 Å². The lowest BCUT2D eigenvalue weighted by Gasteiger charge is -2.15. The van der Waals surface area contributed by atoms with Gasteiger partial charge in [0.2, 0.25) is 5.91 Å². The molecule has 3 aromatic rings. The molecule has 0 unspecified atom stereocenters. The van der Waals surface area contributed by atoms with E-state index in [0.717, 1.165) is 23.3 Å². The van der Waals surface area contributed by atoms with Crippen molar-refractivity contribution in [3.63, 3.8) is 0 Å². The number of rotatable bonds is 7. The monoisotopic (exact) mass is 413 g/mol. The van der Waals surface area contributed by atoms with Crippen LogP contribution in [0.3, 0.4) is 0 Å². The highest BCUT2D eigenvalue weighted by Gasteiger charge is 2.30. The summed E-state index contributed by atoms with van der Waals surface area (Å²) in [6.45, 7) is 2.17. The van der Waals surface area contributed by atoms with Crippen LogP contribution in [-0.2, 0) is 24.0 Å². The lowest BCUT2D eigenvalue weighted by molar-refractivity contribution is -0.137. The Balaban J connectivity index is 1.91. The molecule has 1 N–H and O–H groups in total. The minimum absolute atomic E-state index is 0.154. The second-order valence-electron chi connectivity index (χ2n) is 6.90. The average molecular weight is 413 g/mol. The Hall–Kier alpha value is -3.28. The van der Waals surface area contributed by atoms with Crippen LogP contribution in [0.2, 0.25) is 0 Å². The first kappa shape index (κ1) is 21.4. The zero-order chi connectivity index (χ0) is 21.6. The molecule has 0 spiro atoms. The lowest BCUT2D eigenvalue weighted by Crippen LogP contribution is -2.22. The van der Waals surface area contributed by atoms with Gasteiger partial charge >= 0.3 is 6.18 Å². The maximum Gasteiger partial charge on any atom is 0.416 e. The van der Waals surface area contributed by atoms with Gasteiger partial charge in [-0.1, -0.05) is 48.5 Å². The smallest absolute Gasteiger partial charge is 0.416 e. The summed E-state index contributed by atoms with van der Waals surface area (Å²) in [4.78, 5) is 11.2. The first-order valence-electron chi connectivity index (χ1n) is 9.54. The van der Waals surface area contributed by atoms with Gasteiger partial charge in [0, 0.05) is 13.5 Å². The first-order valence-corrected chi connectivity index (χ1v) is 9.54. The molecular weight excluding hydrogens is 391 g/mol. The summed E-state index contributed by atoms with van der Waals surface area (Å²) in [6.07, 6.45) is -3.93. The Morgan fingerprint density at radius 2 is 1.73 bits per heavy atom. The van der Waals surface area contributed by atoms with E-state index in [4.69, 9.17) is 4.74 Å². The van der Waals surface area contributed by atoms with Gasteiger partial charge in [0.15, 0.2) is 0 Å². The second kappa shape index (κ2) is 9.48. The molecule has 0 heterocycles. The summed E-state index contributed by atoms with van der Waals surface area (Å²) in [5.74, 6) is 0.410. The molecule has 0 aliphatic heterocycles. The van der Waals surface area contributed by atoms with Crippen LogP contribution in [0.4, 0.5) is 13.2 Å². The number of alkyl halides is 3. The van der Waals surface area contributed by atoms with E-state index in [2.05, 4.69) is 5.32 Å². The fourth-order valence-electron chi connectivity index (χ4n) is 3.11. The average Bonchev–Trinajstić information content (AvgIpc) is 2.73. The number of nitrogens with one attached hydrogen (secondary N) is 1. The van der Waals surface area contributed by atoms with Gasteiger partial charge in [-0.2, -0.15) is 13.2 Å². The minimum atomic E-state index is -4.42. The van der Waals surface area contributed by atoms with Crippen molar-refractivity contribution in [1.29, 1.82) is 0 Å². The molecule has 0 radical (unpaired) electrons. The molecule has 0 aliphatic rings. The highest BCUT2D eigenvalue weighted by atomic mass is 19.4. The van der Waals surface area contributed by atoms with E-state index < -0.39 is 11.7 Å². The SMILES string of the molecule is CC(=O)NCCc1ccc(OCc2ccccc2)cc1-c1cccc(C(F)(F)F)c1. The molecule has 1 amide bonds. The third-order valence-electron chi connectivity index (χ3n) is 4.60. The van der Waals surface area contributed by atoms with Gasteiger partial charge in [-0.15, -0.1) is 0 Å². The zero-order valence-electron chi connectivity index (χ0n) is 16.5. The quantitative estimate of drug-likeness (QED) is 0.545. The Morgan fingerprint density at radius 3 is 2.43 bits per heavy atom. The Bertz CT molecular complexity index is 1000. The fourth-order valence-corrected chi connectivity index (χ4v) is 3.11. The van der Waals surface area contributed by atoms with E-state index in [9.17, 15) is 18.0 Å². The third-order valence-corrected chi connectivity index (χ3v) is 4.60. The summed E-state index contributed by atoms with van der Waals surface area (Å²) in [6, 6.07) is 20.2. The molecule has 30 heavy (non-hydrogen) atoms. The molecule has 3 nitrogen and oxygen atoms in total. The molecule has 0 atom stereocenters. The van der Waals surface area contributed by atoms with Crippen molar-refractivity contribution >= 4 is 5.91 Å². The summed E-state index contributed by atoms with van der Waals surface area (Å²) >= 11 is 0. The van der Waals surface area contributed by atoms with E-state index in [0.29, 0.717) is 36.4 Å². The first-order chi connectivity index (χ1) is 14.3. The fraction of sp³-hybridized carbons (Fsp3) is 0.208. The molecule has 156 valence electrons. The molecule has 0 bridgehead atoms. The molecular formula is C24H22F3NO2. The van der Waals surface area contributed by atoms with Gasteiger partial charge in [0.05, 0.1) is 5.56 Å². The van der Waals surface area contributed by atoms with Crippen LogP contribution in [0.25, 0.3) is 11.1 Å². The number of ether oxygens (including phenoxy) is 1. The van der Waals surface area contributed by atoms with Crippen molar-refractivity contribution in [2.75, 3.05) is 6.54 Å². The zero-order valence-corrected chi connectivity index (χ0v) is 16.5. The summed E-state index contributed by atoms with van der Waals surface area (Å²) in [5.41, 5.74) is 2.22. The molecule has 0 saturated carbocycles. The van der Waals surface area contributed by atoms with Crippen LogP contribution in [0.15, 0.2) is 72.8 Å². The number of hydrogen-bond donors (Lipinski definition) is 1. The predicted octanol–water partition coefficient (Wildman–Crippen LogP) is 5.63. The molecule has 3 aromatic carbocycles. The number of benzene rings is 3. The van der Waals surface area contributed by atoms with Gasteiger partial charge in [0.25, 0.3) is 0 Å². The van der Waals surface area contributed by atoms with Crippen molar-refractivity contribution in [3.8, 4) is 16.9 Å².